The summed E-state index contributed by atoms with van der Waals surface area (Å²) in [7, 11) is -2.98. The third-order valence-electron chi connectivity index (χ3n) is 2.87. The van der Waals surface area contributed by atoms with E-state index in [0.717, 1.165) is 22.5 Å². The lowest BCUT2D eigenvalue weighted by molar-refractivity contribution is 0.568. The third-order valence-corrected chi connectivity index (χ3v) is 3.79. The average molecular weight is 268 g/mol. The van der Waals surface area contributed by atoms with Crippen molar-refractivity contribution in [3.8, 4) is 11.1 Å². The van der Waals surface area contributed by atoms with Crippen LogP contribution < -0.4 is 0 Å². The van der Waals surface area contributed by atoms with Crippen LogP contribution in [-0.2, 0) is 16.4 Å². The minimum atomic E-state index is -2.98. The lowest BCUT2D eigenvalue weighted by atomic mass is 10.1. The zero-order valence-electron chi connectivity index (χ0n) is 10.7. The second-order valence-electron chi connectivity index (χ2n) is 4.41. The highest BCUT2D eigenvalue weighted by molar-refractivity contribution is 7.90. The molecule has 98 valence electrons. The second kappa shape index (κ2) is 4.61. The fourth-order valence-corrected chi connectivity index (χ4v) is 2.50. The van der Waals surface area contributed by atoms with Crippen molar-refractivity contribution in [2.75, 3.05) is 12.0 Å². The number of aromatic nitrogens is 2. The average Bonchev–Trinajstić information content (AvgIpc) is 2.83. The first-order valence-corrected chi connectivity index (χ1v) is 7.69. The molecule has 0 saturated carbocycles. The number of furan rings is 1. The molecule has 2 heterocycles. The van der Waals surface area contributed by atoms with Gasteiger partial charge in [-0.15, -0.1) is 0 Å². The Morgan fingerprint density at radius 3 is 2.67 bits per heavy atom. The van der Waals surface area contributed by atoms with Crippen molar-refractivity contribution < 1.29 is 12.8 Å². The maximum Gasteiger partial charge on any atom is 0.149 e. The van der Waals surface area contributed by atoms with Gasteiger partial charge in [0.25, 0.3) is 0 Å². The summed E-state index contributed by atoms with van der Waals surface area (Å²) in [6.07, 6.45) is 4.51. The summed E-state index contributed by atoms with van der Waals surface area (Å²) in [4.78, 5) is 0. The summed E-state index contributed by atoms with van der Waals surface area (Å²) >= 11 is 0. The predicted octanol–water partition coefficient (Wildman–Crippen LogP) is 1.80. The van der Waals surface area contributed by atoms with Gasteiger partial charge in [-0.25, -0.2) is 8.42 Å². The molecule has 0 aliphatic heterocycles. The molecule has 0 aliphatic carbocycles. The van der Waals surface area contributed by atoms with Crippen LogP contribution in [0.3, 0.4) is 0 Å². The molecular formula is C12H16N2O3S. The van der Waals surface area contributed by atoms with E-state index in [-0.39, 0.29) is 5.75 Å². The van der Waals surface area contributed by atoms with E-state index >= 15 is 0 Å². The number of hydrogen-bond donors (Lipinski definition) is 0. The van der Waals surface area contributed by atoms with Gasteiger partial charge in [-0.2, -0.15) is 5.10 Å². The van der Waals surface area contributed by atoms with E-state index in [1.807, 2.05) is 19.9 Å². The summed E-state index contributed by atoms with van der Waals surface area (Å²) in [6.45, 7) is 4.22. The van der Waals surface area contributed by atoms with Crippen LogP contribution in [0.15, 0.2) is 23.0 Å². The van der Waals surface area contributed by atoms with Crippen LogP contribution >= 0.6 is 0 Å². The Morgan fingerprint density at radius 1 is 1.39 bits per heavy atom. The van der Waals surface area contributed by atoms with Crippen molar-refractivity contribution in [3.63, 3.8) is 0 Å². The molecule has 0 radical (unpaired) electrons. The zero-order chi connectivity index (χ0) is 13.3. The third kappa shape index (κ3) is 2.64. The number of aryl methyl sites for hydroxylation is 2. The van der Waals surface area contributed by atoms with Gasteiger partial charge in [-0.05, 0) is 19.9 Å². The lowest BCUT2D eigenvalue weighted by Gasteiger charge is -2.03. The van der Waals surface area contributed by atoms with E-state index in [2.05, 4.69) is 5.10 Å². The van der Waals surface area contributed by atoms with Gasteiger partial charge >= 0.3 is 0 Å². The van der Waals surface area contributed by atoms with Gasteiger partial charge < -0.3 is 4.42 Å². The molecule has 0 saturated heterocycles. The molecule has 0 N–H and O–H groups in total. The smallest absolute Gasteiger partial charge is 0.149 e. The van der Waals surface area contributed by atoms with E-state index in [1.165, 1.54) is 6.26 Å². The van der Waals surface area contributed by atoms with Crippen LogP contribution in [0.1, 0.15) is 11.4 Å². The molecule has 0 aromatic carbocycles. The van der Waals surface area contributed by atoms with Gasteiger partial charge in [0, 0.05) is 23.1 Å². The Balaban J connectivity index is 2.33. The first-order chi connectivity index (χ1) is 8.38. The van der Waals surface area contributed by atoms with Gasteiger partial charge in [-0.3, -0.25) is 4.68 Å². The van der Waals surface area contributed by atoms with Crippen LogP contribution in [-0.4, -0.2) is 30.2 Å². The van der Waals surface area contributed by atoms with Crippen LogP contribution in [0, 0.1) is 13.8 Å². The number of hydrogen-bond acceptors (Lipinski definition) is 4. The molecule has 0 bridgehead atoms. The van der Waals surface area contributed by atoms with E-state index in [0.29, 0.717) is 6.54 Å². The maximum absolute atomic E-state index is 11.2. The first kappa shape index (κ1) is 12.9. The number of rotatable bonds is 4. The summed E-state index contributed by atoms with van der Waals surface area (Å²) in [6, 6.07) is 1.87. The second-order valence-corrected chi connectivity index (χ2v) is 6.67. The van der Waals surface area contributed by atoms with E-state index < -0.39 is 9.84 Å². The summed E-state index contributed by atoms with van der Waals surface area (Å²) < 4.78 is 29.2. The Kier molecular flexibility index (Phi) is 3.30. The van der Waals surface area contributed by atoms with Crippen LogP contribution in [0.2, 0.25) is 0 Å². The van der Waals surface area contributed by atoms with Crippen LogP contribution in [0.5, 0.6) is 0 Å². The predicted molar refractivity (Wildman–Crippen MR) is 69.1 cm³/mol. The maximum atomic E-state index is 11.2. The minimum absolute atomic E-state index is 0.0970. The lowest BCUT2D eigenvalue weighted by Crippen LogP contribution is -2.13. The summed E-state index contributed by atoms with van der Waals surface area (Å²) in [5, 5.41) is 4.38. The van der Waals surface area contributed by atoms with Crippen molar-refractivity contribution >= 4 is 9.84 Å². The monoisotopic (exact) mass is 268 g/mol. The summed E-state index contributed by atoms with van der Waals surface area (Å²) in [5.74, 6) is 0.0970. The molecule has 0 amide bonds. The Bertz CT molecular complexity index is 639. The Hall–Kier alpha value is -1.56. The Labute approximate surface area is 106 Å². The molecular weight excluding hydrogens is 252 g/mol. The molecule has 2 rings (SSSR count). The first-order valence-electron chi connectivity index (χ1n) is 5.63. The van der Waals surface area contributed by atoms with E-state index in [9.17, 15) is 8.42 Å². The fourth-order valence-electron chi connectivity index (χ4n) is 1.99. The normalized spacial score (nSPS) is 11.9. The standard InChI is InChI=1S/C12H16N2O3S/c1-9-12(11-4-6-17-8-11)10(2)14(13-9)5-7-18(3,15)16/h4,6,8H,5,7H2,1-3H3. The molecule has 0 fully saturated rings. The number of sulfone groups is 1. The van der Waals surface area contributed by atoms with E-state index in [1.54, 1.807) is 17.2 Å². The van der Waals surface area contributed by atoms with Crippen molar-refractivity contribution in [1.29, 1.82) is 0 Å². The van der Waals surface area contributed by atoms with Gasteiger partial charge in [0.1, 0.15) is 9.84 Å². The van der Waals surface area contributed by atoms with Crippen molar-refractivity contribution in [3.05, 3.63) is 30.0 Å². The highest BCUT2D eigenvalue weighted by atomic mass is 32.2. The van der Waals surface area contributed by atoms with E-state index in [4.69, 9.17) is 4.42 Å². The van der Waals surface area contributed by atoms with Gasteiger partial charge in [0.15, 0.2) is 0 Å². The molecule has 5 nitrogen and oxygen atoms in total. The van der Waals surface area contributed by atoms with Crippen LogP contribution in [0.4, 0.5) is 0 Å². The van der Waals surface area contributed by atoms with Crippen LogP contribution in [0.25, 0.3) is 11.1 Å². The molecule has 0 unspecified atom stereocenters. The van der Waals surface area contributed by atoms with Gasteiger partial charge in [0.05, 0.1) is 30.5 Å². The highest BCUT2D eigenvalue weighted by Crippen LogP contribution is 2.27. The fraction of sp³-hybridized carbons (Fsp3) is 0.417. The number of nitrogens with zero attached hydrogens (tertiary/aromatic N) is 2. The van der Waals surface area contributed by atoms with Gasteiger partial charge in [-0.1, -0.05) is 0 Å². The molecule has 0 spiro atoms. The molecule has 0 aliphatic rings. The molecule has 18 heavy (non-hydrogen) atoms. The topological polar surface area (TPSA) is 65.1 Å². The highest BCUT2D eigenvalue weighted by Gasteiger charge is 2.15. The summed E-state index contributed by atoms with van der Waals surface area (Å²) in [5.41, 5.74) is 3.81. The molecule has 2 aromatic heterocycles. The van der Waals surface area contributed by atoms with Crippen molar-refractivity contribution in [1.82, 2.24) is 9.78 Å². The molecule has 6 heteroatoms. The minimum Gasteiger partial charge on any atom is -0.472 e. The van der Waals surface area contributed by atoms with Crippen molar-refractivity contribution in [2.24, 2.45) is 0 Å². The largest absolute Gasteiger partial charge is 0.472 e. The Morgan fingerprint density at radius 2 is 2.11 bits per heavy atom. The quantitative estimate of drug-likeness (QED) is 0.848. The SMILES string of the molecule is Cc1nn(CCS(C)(=O)=O)c(C)c1-c1ccoc1. The molecule has 2 aromatic rings. The van der Waals surface area contributed by atoms with Crippen molar-refractivity contribution in [2.45, 2.75) is 20.4 Å². The molecule has 0 atom stereocenters. The zero-order valence-corrected chi connectivity index (χ0v) is 11.5. The van der Waals surface area contributed by atoms with Gasteiger partial charge in [0.2, 0.25) is 0 Å².